The Balaban J connectivity index is 2.42. The number of aliphatic hydroxyl groups excluding tert-OH is 1. The summed E-state index contributed by atoms with van der Waals surface area (Å²) in [6.07, 6.45) is -0.737. The van der Waals surface area contributed by atoms with Gasteiger partial charge in [-0.2, -0.15) is 0 Å². The number of nitrogens with zero attached hydrogens (tertiary/aromatic N) is 2. The number of aliphatic hydroxyl groups is 1. The molecule has 0 bridgehead atoms. The zero-order valence-electron chi connectivity index (χ0n) is 15.7. The SMILES string of the molecule is Cn1c(C(C)(C)C)nc(C(O)CO[SiH](C)C)c1Sc1cccc(Cl)c1. The molecule has 1 aromatic carbocycles. The van der Waals surface area contributed by atoms with Crippen molar-refractivity contribution in [3.05, 3.63) is 40.8 Å². The summed E-state index contributed by atoms with van der Waals surface area (Å²) >= 11 is 7.68. The molecule has 7 heteroatoms. The number of aromatic nitrogens is 2. The van der Waals surface area contributed by atoms with Gasteiger partial charge in [0.05, 0.1) is 6.61 Å². The van der Waals surface area contributed by atoms with E-state index in [9.17, 15) is 5.11 Å². The second-order valence-electron chi connectivity index (χ2n) is 7.39. The molecule has 25 heavy (non-hydrogen) atoms. The van der Waals surface area contributed by atoms with Gasteiger partial charge in [-0.25, -0.2) is 4.98 Å². The molecule has 1 unspecified atom stereocenters. The fourth-order valence-electron chi connectivity index (χ4n) is 2.52. The zero-order chi connectivity index (χ0) is 18.8. The molecule has 0 amide bonds. The molecule has 4 nitrogen and oxygen atoms in total. The van der Waals surface area contributed by atoms with E-state index in [1.807, 2.05) is 31.3 Å². The van der Waals surface area contributed by atoms with Crippen molar-refractivity contribution < 1.29 is 9.53 Å². The first kappa shape index (κ1) is 20.5. The number of halogens is 1. The van der Waals surface area contributed by atoms with Crippen LogP contribution in [0.5, 0.6) is 0 Å². The predicted molar refractivity (Wildman–Crippen MR) is 107 cm³/mol. The molecule has 0 fully saturated rings. The molecule has 0 aliphatic carbocycles. The van der Waals surface area contributed by atoms with Gasteiger partial charge >= 0.3 is 0 Å². The fourth-order valence-corrected chi connectivity index (χ4v) is 4.41. The summed E-state index contributed by atoms with van der Waals surface area (Å²) in [5.74, 6) is 0.938. The molecule has 1 heterocycles. The Kier molecular flexibility index (Phi) is 6.78. The van der Waals surface area contributed by atoms with Crippen LogP contribution in [0.2, 0.25) is 18.1 Å². The highest BCUT2D eigenvalue weighted by molar-refractivity contribution is 7.99. The summed E-state index contributed by atoms with van der Waals surface area (Å²) in [6.45, 7) is 10.8. The van der Waals surface area contributed by atoms with Crippen LogP contribution in [0.3, 0.4) is 0 Å². The summed E-state index contributed by atoms with van der Waals surface area (Å²) < 4.78 is 7.79. The predicted octanol–water partition coefficient (Wildman–Crippen LogP) is 4.56. The minimum atomic E-state index is -1.20. The van der Waals surface area contributed by atoms with E-state index >= 15 is 0 Å². The van der Waals surface area contributed by atoms with Crippen molar-refractivity contribution in [1.82, 2.24) is 9.55 Å². The summed E-state index contributed by atoms with van der Waals surface area (Å²) in [6, 6.07) is 7.71. The van der Waals surface area contributed by atoms with Gasteiger partial charge in [-0.1, -0.05) is 50.2 Å². The molecule has 0 radical (unpaired) electrons. The minimum Gasteiger partial charge on any atom is -0.418 e. The van der Waals surface area contributed by atoms with E-state index in [0.29, 0.717) is 10.7 Å². The Morgan fingerprint density at radius 1 is 1.36 bits per heavy atom. The van der Waals surface area contributed by atoms with Crippen molar-refractivity contribution >= 4 is 32.4 Å². The lowest BCUT2D eigenvalue weighted by molar-refractivity contribution is 0.102. The lowest BCUT2D eigenvalue weighted by Gasteiger charge is -2.18. The van der Waals surface area contributed by atoms with Crippen molar-refractivity contribution in [1.29, 1.82) is 0 Å². The Hall–Kier alpha value is -0.793. The smallest absolute Gasteiger partial charge is 0.171 e. The first-order valence-electron chi connectivity index (χ1n) is 8.39. The van der Waals surface area contributed by atoms with Gasteiger partial charge < -0.3 is 14.1 Å². The van der Waals surface area contributed by atoms with Crippen LogP contribution in [0.4, 0.5) is 0 Å². The Morgan fingerprint density at radius 2 is 2.04 bits per heavy atom. The molecule has 0 aliphatic heterocycles. The molecule has 138 valence electrons. The van der Waals surface area contributed by atoms with Crippen LogP contribution in [-0.2, 0) is 16.9 Å². The summed E-state index contributed by atoms with van der Waals surface area (Å²) in [4.78, 5) is 5.79. The van der Waals surface area contributed by atoms with E-state index < -0.39 is 15.1 Å². The van der Waals surface area contributed by atoms with Gasteiger partial charge in [-0.05, 0) is 31.3 Å². The van der Waals surface area contributed by atoms with Crippen LogP contribution in [0, 0.1) is 0 Å². The molecule has 0 saturated carbocycles. The molecule has 1 N–H and O–H groups in total. The van der Waals surface area contributed by atoms with E-state index in [-0.39, 0.29) is 12.0 Å². The van der Waals surface area contributed by atoms with Crippen molar-refractivity contribution in [3.8, 4) is 0 Å². The lowest BCUT2D eigenvalue weighted by Crippen LogP contribution is -2.18. The van der Waals surface area contributed by atoms with E-state index in [4.69, 9.17) is 21.0 Å². The second-order valence-corrected chi connectivity index (χ2v) is 11.3. The van der Waals surface area contributed by atoms with Gasteiger partial charge in [0.15, 0.2) is 9.04 Å². The summed E-state index contributed by atoms with van der Waals surface area (Å²) in [7, 11) is 0.796. The maximum Gasteiger partial charge on any atom is 0.171 e. The monoisotopic (exact) mass is 398 g/mol. The van der Waals surface area contributed by atoms with Crippen LogP contribution in [0.15, 0.2) is 34.2 Å². The molecule has 0 aliphatic rings. The Bertz CT molecular complexity index is 728. The van der Waals surface area contributed by atoms with Gasteiger partial charge in [0, 0.05) is 22.4 Å². The highest BCUT2D eigenvalue weighted by Crippen LogP contribution is 2.37. The van der Waals surface area contributed by atoms with Gasteiger partial charge in [0.25, 0.3) is 0 Å². The number of rotatable bonds is 6. The van der Waals surface area contributed by atoms with Gasteiger partial charge in [-0.15, -0.1) is 0 Å². The normalized spacial score (nSPS) is 13.5. The standard InChI is InChI=1S/C18H27ClN2O2SSi/c1-18(2,3)17-20-15(14(22)11-23-25(5)6)16(21(17)4)24-13-9-7-8-12(19)10-13/h7-10,14,22,25H,11H2,1-6H3. The largest absolute Gasteiger partial charge is 0.418 e. The van der Waals surface area contributed by atoms with Crippen LogP contribution in [0.25, 0.3) is 0 Å². The third-order valence-electron chi connectivity index (χ3n) is 3.65. The van der Waals surface area contributed by atoms with Crippen LogP contribution in [0.1, 0.15) is 38.4 Å². The molecular formula is C18H27ClN2O2SSi. The van der Waals surface area contributed by atoms with E-state index in [1.54, 1.807) is 11.8 Å². The summed E-state index contributed by atoms with van der Waals surface area (Å²) in [5.41, 5.74) is 0.552. The van der Waals surface area contributed by atoms with Crippen LogP contribution in [-0.4, -0.2) is 30.3 Å². The van der Waals surface area contributed by atoms with Crippen molar-refractivity contribution in [2.75, 3.05) is 6.61 Å². The zero-order valence-corrected chi connectivity index (χ0v) is 18.4. The van der Waals surface area contributed by atoms with Gasteiger partial charge in [-0.3, -0.25) is 0 Å². The average Bonchev–Trinajstić information content (AvgIpc) is 2.82. The maximum atomic E-state index is 10.7. The molecule has 1 aromatic heterocycles. The Morgan fingerprint density at radius 3 is 2.60 bits per heavy atom. The first-order chi connectivity index (χ1) is 11.6. The van der Waals surface area contributed by atoms with Crippen molar-refractivity contribution in [3.63, 3.8) is 0 Å². The van der Waals surface area contributed by atoms with E-state index in [0.717, 1.165) is 15.7 Å². The number of imidazole rings is 1. The highest BCUT2D eigenvalue weighted by atomic mass is 35.5. The third kappa shape index (κ3) is 5.34. The molecular weight excluding hydrogens is 372 g/mol. The third-order valence-corrected chi connectivity index (χ3v) is 5.91. The number of hydrogen-bond donors (Lipinski definition) is 1. The van der Waals surface area contributed by atoms with Crippen molar-refractivity contribution in [2.24, 2.45) is 7.05 Å². The first-order valence-corrected chi connectivity index (χ1v) is 12.4. The topological polar surface area (TPSA) is 47.3 Å². The second kappa shape index (κ2) is 8.27. The molecule has 0 spiro atoms. The maximum absolute atomic E-state index is 10.7. The quantitative estimate of drug-likeness (QED) is 0.724. The molecule has 2 rings (SSSR count). The van der Waals surface area contributed by atoms with Crippen molar-refractivity contribution in [2.45, 2.75) is 55.3 Å². The molecule has 0 saturated heterocycles. The number of hydrogen-bond acceptors (Lipinski definition) is 4. The highest BCUT2D eigenvalue weighted by Gasteiger charge is 2.28. The fraction of sp³-hybridized carbons (Fsp3) is 0.500. The lowest BCUT2D eigenvalue weighted by atomic mass is 9.96. The molecule has 1 atom stereocenters. The van der Waals surface area contributed by atoms with Gasteiger partial charge in [0.2, 0.25) is 0 Å². The summed E-state index contributed by atoms with van der Waals surface area (Å²) in [5, 5.41) is 12.3. The number of benzene rings is 1. The van der Waals surface area contributed by atoms with Crippen LogP contribution >= 0.6 is 23.4 Å². The van der Waals surface area contributed by atoms with E-state index in [2.05, 4.69) is 38.4 Å². The minimum absolute atomic E-state index is 0.121. The van der Waals surface area contributed by atoms with Crippen LogP contribution < -0.4 is 0 Å². The Labute approximate surface area is 161 Å². The molecule has 2 aromatic rings. The van der Waals surface area contributed by atoms with E-state index in [1.165, 1.54) is 0 Å². The average molecular weight is 399 g/mol. The van der Waals surface area contributed by atoms with Gasteiger partial charge in [0.1, 0.15) is 22.6 Å².